The SMILES string of the molecule is CC(C)c1ccccc1NC(=O)c1ccnc(Nc2cccc(C#N)c2)c1. The molecule has 0 unspecified atom stereocenters. The molecule has 27 heavy (non-hydrogen) atoms. The molecule has 0 spiro atoms. The standard InChI is InChI=1S/C22H20N4O/c1-15(2)19-8-3-4-9-20(19)26-22(27)17-10-11-24-21(13-17)25-18-7-5-6-16(12-18)14-23/h3-13,15H,1-2H3,(H,24,25)(H,26,27). The van der Waals surface area contributed by atoms with Gasteiger partial charge in [0.1, 0.15) is 5.82 Å². The lowest BCUT2D eigenvalue weighted by atomic mass is 10.0. The number of aromatic nitrogens is 1. The first-order valence-electron chi connectivity index (χ1n) is 8.70. The van der Waals surface area contributed by atoms with Crippen LogP contribution in [0.5, 0.6) is 0 Å². The highest BCUT2D eigenvalue weighted by Crippen LogP contribution is 2.24. The molecule has 0 aliphatic heterocycles. The van der Waals surface area contributed by atoms with Crippen molar-refractivity contribution >= 4 is 23.1 Å². The fourth-order valence-electron chi connectivity index (χ4n) is 2.76. The zero-order valence-electron chi connectivity index (χ0n) is 15.2. The molecule has 0 saturated heterocycles. The number of rotatable bonds is 5. The maximum Gasteiger partial charge on any atom is 0.255 e. The van der Waals surface area contributed by atoms with E-state index < -0.39 is 0 Å². The van der Waals surface area contributed by atoms with Gasteiger partial charge in [0, 0.05) is 23.1 Å². The summed E-state index contributed by atoms with van der Waals surface area (Å²) in [6.45, 7) is 4.18. The van der Waals surface area contributed by atoms with Gasteiger partial charge in [-0.3, -0.25) is 4.79 Å². The molecule has 5 heteroatoms. The van der Waals surface area contributed by atoms with E-state index in [-0.39, 0.29) is 5.91 Å². The van der Waals surface area contributed by atoms with Crippen LogP contribution in [0, 0.1) is 11.3 Å². The molecule has 0 bridgehead atoms. The Morgan fingerprint density at radius 1 is 1.07 bits per heavy atom. The van der Waals surface area contributed by atoms with Gasteiger partial charge in [0.15, 0.2) is 0 Å². The minimum Gasteiger partial charge on any atom is -0.340 e. The average Bonchev–Trinajstić information content (AvgIpc) is 2.68. The summed E-state index contributed by atoms with van der Waals surface area (Å²) in [6.07, 6.45) is 1.58. The molecule has 3 aromatic rings. The van der Waals surface area contributed by atoms with E-state index in [2.05, 4.69) is 35.5 Å². The van der Waals surface area contributed by atoms with E-state index in [1.165, 1.54) is 0 Å². The van der Waals surface area contributed by atoms with E-state index in [4.69, 9.17) is 5.26 Å². The van der Waals surface area contributed by atoms with Crippen LogP contribution >= 0.6 is 0 Å². The second kappa shape index (κ2) is 8.15. The summed E-state index contributed by atoms with van der Waals surface area (Å²) >= 11 is 0. The summed E-state index contributed by atoms with van der Waals surface area (Å²) in [5, 5.41) is 15.1. The molecule has 134 valence electrons. The normalized spacial score (nSPS) is 10.3. The molecule has 1 aromatic heterocycles. The second-order valence-corrected chi connectivity index (χ2v) is 6.44. The lowest BCUT2D eigenvalue weighted by Gasteiger charge is -2.14. The number of hydrogen-bond acceptors (Lipinski definition) is 4. The van der Waals surface area contributed by atoms with Crippen LogP contribution in [0.25, 0.3) is 0 Å². The third-order valence-corrected chi connectivity index (χ3v) is 4.12. The molecule has 0 saturated carbocycles. The molecule has 1 amide bonds. The van der Waals surface area contributed by atoms with Crippen molar-refractivity contribution in [2.45, 2.75) is 19.8 Å². The summed E-state index contributed by atoms with van der Waals surface area (Å²) in [5.41, 5.74) is 3.70. The highest BCUT2D eigenvalue weighted by Gasteiger charge is 2.12. The lowest BCUT2D eigenvalue weighted by Crippen LogP contribution is -2.14. The van der Waals surface area contributed by atoms with Crippen molar-refractivity contribution in [3.05, 3.63) is 83.6 Å². The van der Waals surface area contributed by atoms with Gasteiger partial charge in [-0.1, -0.05) is 38.1 Å². The van der Waals surface area contributed by atoms with Gasteiger partial charge >= 0.3 is 0 Å². The Bertz CT molecular complexity index is 1000. The van der Waals surface area contributed by atoms with Crippen molar-refractivity contribution in [3.63, 3.8) is 0 Å². The minimum atomic E-state index is -0.195. The number of carbonyl (C=O) groups excluding carboxylic acids is 1. The molecule has 2 aromatic carbocycles. The van der Waals surface area contributed by atoms with Crippen LogP contribution in [0.15, 0.2) is 66.9 Å². The fourth-order valence-corrected chi connectivity index (χ4v) is 2.76. The molecule has 5 nitrogen and oxygen atoms in total. The summed E-state index contributed by atoms with van der Waals surface area (Å²) in [6, 6.07) is 20.3. The van der Waals surface area contributed by atoms with Gasteiger partial charge in [0.05, 0.1) is 11.6 Å². The Kier molecular flexibility index (Phi) is 5.48. The van der Waals surface area contributed by atoms with Crippen LogP contribution in [0.2, 0.25) is 0 Å². The van der Waals surface area contributed by atoms with Crippen LogP contribution < -0.4 is 10.6 Å². The predicted molar refractivity (Wildman–Crippen MR) is 107 cm³/mol. The molecular weight excluding hydrogens is 336 g/mol. The number of amides is 1. The number of pyridine rings is 1. The number of carbonyl (C=O) groups is 1. The van der Waals surface area contributed by atoms with Crippen molar-refractivity contribution in [2.24, 2.45) is 0 Å². The Labute approximate surface area is 158 Å². The van der Waals surface area contributed by atoms with Crippen LogP contribution in [0.4, 0.5) is 17.2 Å². The molecule has 1 heterocycles. The van der Waals surface area contributed by atoms with Crippen LogP contribution in [-0.2, 0) is 0 Å². The fraction of sp³-hybridized carbons (Fsp3) is 0.136. The third-order valence-electron chi connectivity index (χ3n) is 4.12. The van der Waals surface area contributed by atoms with E-state index in [1.54, 1.807) is 36.5 Å². The van der Waals surface area contributed by atoms with Crippen molar-refractivity contribution in [1.29, 1.82) is 5.26 Å². The zero-order valence-corrected chi connectivity index (χ0v) is 15.2. The van der Waals surface area contributed by atoms with Crippen molar-refractivity contribution < 1.29 is 4.79 Å². The van der Waals surface area contributed by atoms with Crippen LogP contribution in [-0.4, -0.2) is 10.9 Å². The third kappa shape index (κ3) is 4.50. The first-order valence-corrected chi connectivity index (χ1v) is 8.70. The second-order valence-electron chi connectivity index (χ2n) is 6.44. The maximum atomic E-state index is 12.7. The topological polar surface area (TPSA) is 77.8 Å². The van der Waals surface area contributed by atoms with Gasteiger partial charge in [-0.15, -0.1) is 0 Å². The van der Waals surface area contributed by atoms with E-state index in [0.29, 0.717) is 22.9 Å². The van der Waals surface area contributed by atoms with E-state index >= 15 is 0 Å². The molecule has 0 radical (unpaired) electrons. The van der Waals surface area contributed by atoms with Gasteiger partial charge < -0.3 is 10.6 Å². The van der Waals surface area contributed by atoms with Gasteiger partial charge in [0.2, 0.25) is 0 Å². The number of hydrogen-bond donors (Lipinski definition) is 2. The Morgan fingerprint density at radius 2 is 1.89 bits per heavy atom. The van der Waals surface area contributed by atoms with Crippen LogP contribution in [0.1, 0.15) is 41.3 Å². The highest BCUT2D eigenvalue weighted by molar-refractivity contribution is 6.05. The molecule has 0 fully saturated rings. The van der Waals surface area contributed by atoms with E-state index in [0.717, 1.165) is 16.9 Å². The summed E-state index contributed by atoms with van der Waals surface area (Å²) in [5.74, 6) is 0.651. The monoisotopic (exact) mass is 356 g/mol. The molecular formula is C22H20N4O. The van der Waals surface area contributed by atoms with Crippen molar-refractivity contribution in [2.75, 3.05) is 10.6 Å². The summed E-state index contributed by atoms with van der Waals surface area (Å²) < 4.78 is 0. The van der Waals surface area contributed by atoms with E-state index in [9.17, 15) is 4.79 Å². The quantitative estimate of drug-likeness (QED) is 0.669. The molecule has 0 aliphatic carbocycles. The zero-order chi connectivity index (χ0) is 19.2. The number of nitriles is 1. The Balaban J connectivity index is 1.79. The van der Waals surface area contributed by atoms with Gasteiger partial charge in [-0.2, -0.15) is 5.26 Å². The Morgan fingerprint density at radius 3 is 2.67 bits per heavy atom. The smallest absolute Gasteiger partial charge is 0.255 e. The molecule has 0 atom stereocenters. The predicted octanol–water partition coefficient (Wildman–Crippen LogP) is 5.07. The van der Waals surface area contributed by atoms with Crippen molar-refractivity contribution in [1.82, 2.24) is 4.98 Å². The first-order chi connectivity index (χ1) is 13.1. The summed E-state index contributed by atoms with van der Waals surface area (Å²) in [7, 11) is 0. The summed E-state index contributed by atoms with van der Waals surface area (Å²) in [4.78, 5) is 16.9. The average molecular weight is 356 g/mol. The molecule has 0 aliphatic rings. The number of benzene rings is 2. The van der Waals surface area contributed by atoms with Gasteiger partial charge in [-0.05, 0) is 47.9 Å². The van der Waals surface area contributed by atoms with Gasteiger partial charge in [-0.25, -0.2) is 4.98 Å². The minimum absolute atomic E-state index is 0.195. The number of para-hydroxylation sites is 1. The van der Waals surface area contributed by atoms with E-state index in [1.807, 2.05) is 30.3 Å². The lowest BCUT2D eigenvalue weighted by molar-refractivity contribution is 0.102. The number of nitrogens with zero attached hydrogens (tertiary/aromatic N) is 2. The Hall–Kier alpha value is -3.65. The first kappa shape index (κ1) is 18.2. The number of anilines is 3. The van der Waals surface area contributed by atoms with Gasteiger partial charge in [0.25, 0.3) is 5.91 Å². The highest BCUT2D eigenvalue weighted by atomic mass is 16.1. The largest absolute Gasteiger partial charge is 0.340 e. The van der Waals surface area contributed by atoms with Crippen molar-refractivity contribution in [3.8, 4) is 6.07 Å². The number of nitrogens with one attached hydrogen (secondary N) is 2. The molecule has 3 rings (SSSR count). The molecule has 2 N–H and O–H groups in total. The van der Waals surface area contributed by atoms with Crippen LogP contribution in [0.3, 0.4) is 0 Å². The maximum absolute atomic E-state index is 12.7.